The van der Waals surface area contributed by atoms with Gasteiger partial charge in [-0.3, -0.25) is 37.0 Å². The lowest BCUT2D eigenvalue weighted by Crippen LogP contribution is -2.34. The molecule has 0 radical (unpaired) electrons. The number of hydrogen-bond donors (Lipinski definition) is 5. The molecule has 3 saturated heterocycles. The molecule has 3 fully saturated rings. The number of nitrogen functional groups attached to an aromatic ring is 1. The molecular weight excluding hydrogens is 649 g/mol. The Balaban J connectivity index is 1.18. The topological polar surface area (TPSA) is 275 Å². The van der Waals surface area contributed by atoms with Gasteiger partial charge in [-0.2, -0.15) is 4.98 Å². The van der Waals surface area contributed by atoms with Crippen molar-refractivity contribution in [2.24, 2.45) is 0 Å². The van der Waals surface area contributed by atoms with Crippen LogP contribution in [-0.2, 0) is 36.7 Å². The second kappa shape index (κ2) is 11.1. The number of anilines is 2. The highest BCUT2D eigenvalue weighted by atomic mass is 31.2. The van der Waals surface area contributed by atoms with Crippen LogP contribution in [0.4, 0.5) is 16.2 Å². The third-order valence-corrected chi connectivity index (χ3v) is 9.35. The fourth-order valence-corrected chi connectivity index (χ4v) is 7.33. The summed E-state index contributed by atoms with van der Waals surface area (Å²) in [6.45, 7) is -1.40. The van der Waals surface area contributed by atoms with Gasteiger partial charge in [0.1, 0.15) is 30.2 Å². The van der Waals surface area contributed by atoms with Crippen LogP contribution < -0.4 is 16.6 Å². The SMILES string of the molecule is CNc1ncnc2c1ncn2[C@@H]1O[C@@H]2COP(=O)(O)OC3C[C@@H](COP(=O)(O)OC2C1F)O[C@H]3n1cnc2c(=O)[nH]c(N)nc21. The van der Waals surface area contributed by atoms with Crippen LogP contribution in [0.25, 0.3) is 22.3 Å². The summed E-state index contributed by atoms with van der Waals surface area (Å²) in [6, 6.07) is 0. The number of halogens is 1. The Morgan fingerprint density at radius 1 is 0.978 bits per heavy atom. The number of nitrogens with one attached hydrogen (secondary N) is 2. The molecule has 0 amide bonds. The van der Waals surface area contributed by atoms with Crippen molar-refractivity contribution in [1.29, 1.82) is 0 Å². The molecule has 4 aromatic heterocycles. The Bertz CT molecular complexity index is 1920. The Morgan fingerprint density at radius 2 is 1.69 bits per heavy atom. The summed E-state index contributed by atoms with van der Waals surface area (Å²) >= 11 is 0. The van der Waals surface area contributed by atoms with Crippen LogP contribution in [-0.4, -0.2) is 99.7 Å². The van der Waals surface area contributed by atoms with Crippen molar-refractivity contribution in [1.82, 2.24) is 39.0 Å². The van der Waals surface area contributed by atoms with Gasteiger partial charge >= 0.3 is 15.6 Å². The van der Waals surface area contributed by atoms with Gasteiger partial charge in [-0.05, 0) is 0 Å². The van der Waals surface area contributed by atoms with Gasteiger partial charge in [-0.25, -0.2) is 33.5 Å². The number of nitrogens with two attached hydrogens (primary N) is 1. The predicted molar refractivity (Wildman–Crippen MR) is 146 cm³/mol. The molecule has 4 aromatic rings. The minimum atomic E-state index is -5.00. The number of phosphoric ester groups is 2. The van der Waals surface area contributed by atoms with E-state index in [-0.39, 0.29) is 34.7 Å². The van der Waals surface area contributed by atoms with Gasteiger partial charge in [0.15, 0.2) is 41.3 Å². The maximum atomic E-state index is 15.9. The zero-order valence-corrected chi connectivity index (χ0v) is 24.7. The first kappa shape index (κ1) is 30.2. The smallest absolute Gasteiger partial charge is 0.371 e. The minimum absolute atomic E-state index is 0.0243. The fraction of sp³-hybridized carbons (Fsp3) is 0.524. The van der Waals surface area contributed by atoms with Crippen molar-refractivity contribution in [3.8, 4) is 0 Å². The Kier molecular flexibility index (Phi) is 7.47. The molecule has 21 nitrogen and oxygen atoms in total. The summed E-state index contributed by atoms with van der Waals surface area (Å²) in [5, 5.41) is 2.83. The number of alkyl halides is 1. The maximum absolute atomic E-state index is 15.9. The van der Waals surface area contributed by atoms with E-state index in [1.807, 2.05) is 0 Å². The summed E-state index contributed by atoms with van der Waals surface area (Å²) in [7, 11) is -8.35. The first-order valence-corrected chi connectivity index (χ1v) is 16.3. The molecule has 7 rings (SSSR count). The lowest BCUT2D eigenvalue weighted by molar-refractivity contribution is -0.0668. The van der Waals surface area contributed by atoms with Crippen molar-refractivity contribution in [2.75, 3.05) is 31.3 Å². The minimum Gasteiger partial charge on any atom is -0.371 e. The van der Waals surface area contributed by atoms with Crippen molar-refractivity contribution < 1.29 is 50.9 Å². The number of ether oxygens (including phenoxy) is 2. The quantitative estimate of drug-likeness (QED) is 0.181. The molecule has 3 aliphatic rings. The Labute approximate surface area is 250 Å². The number of H-pyrrole nitrogens is 1. The molecule has 5 unspecified atom stereocenters. The third-order valence-electron chi connectivity index (χ3n) is 7.36. The van der Waals surface area contributed by atoms with Crippen molar-refractivity contribution in [2.45, 2.75) is 49.5 Å². The van der Waals surface area contributed by atoms with Gasteiger partial charge in [-0.1, -0.05) is 0 Å². The number of rotatable bonds is 3. The van der Waals surface area contributed by atoms with E-state index in [1.165, 1.54) is 28.1 Å². The first-order chi connectivity index (χ1) is 21.4. The van der Waals surface area contributed by atoms with Crippen LogP contribution in [0.3, 0.4) is 0 Å². The van der Waals surface area contributed by atoms with Gasteiger partial charge in [-0.15, -0.1) is 0 Å². The highest BCUT2D eigenvalue weighted by Gasteiger charge is 2.52. The number of fused-ring (bicyclic) bond motifs is 5. The molecule has 3 aliphatic heterocycles. The second-order valence-electron chi connectivity index (χ2n) is 10.2. The molecular formula is C21H25FN10O11P2. The third kappa shape index (κ3) is 5.52. The van der Waals surface area contributed by atoms with Gasteiger partial charge in [0.2, 0.25) is 5.95 Å². The molecule has 0 saturated carbocycles. The molecule has 6 N–H and O–H groups in total. The molecule has 45 heavy (non-hydrogen) atoms. The number of hydrogen-bond acceptors (Lipinski definition) is 16. The van der Waals surface area contributed by atoms with Crippen molar-refractivity contribution >= 4 is 49.7 Å². The molecule has 0 aliphatic carbocycles. The number of nitrogens with zero attached hydrogens (tertiary/aromatic N) is 7. The Morgan fingerprint density at radius 3 is 2.47 bits per heavy atom. The lowest BCUT2D eigenvalue weighted by atomic mass is 10.1. The average Bonchev–Trinajstić information content (AvgIpc) is 3.75. The maximum Gasteiger partial charge on any atom is 0.472 e. The highest BCUT2D eigenvalue weighted by Crippen LogP contribution is 2.54. The number of aromatic amines is 1. The van der Waals surface area contributed by atoms with E-state index in [9.17, 15) is 23.7 Å². The highest BCUT2D eigenvalue weighted by molar-refractivity contribution is 7.47. The van der Waals surface area contributed by atoms with E-state index in [2.05, 4.69) is 35.2 Å². The van der Waals surface area contributed by atoms with Crippen LogP contribution in [0.1, 0.15) is 18.9 Å². The van der Waals surface area contributed by atoms with Crippen LogP contribution >= 0.6 is 15.6 Å². The molecule has 0 aromatic carbocycles. The molecule has 7 heterocycles. The fourth-order valence-electron chi connectivity index (χ4n) is 5.42. The van der Waals surface area contributed by atoms with E-state index in [0.29, 0.717) is 5.82 Å². The van der Waals surface area contributed by atoms with E-state index in [1.54, 1.807) is 7.05 Å². The molecule has 24 heteroatoms. The largest absolute Gasteiger partial charge is 0.472 e. The van der Waals surface area contributed by atoms with Gasteiger partial charge in [0.25, 0.3) is 5.56 Å². The number of aromatic nitrogens is 8. The molecule has 0 spiro atoms. The van der Waals surface area contributed by atoms with Crippen LogP contribution in [0.15, 0.2) is 23.8 Å². The van der Waals surface area contributed by atoms with E-state index in [0.717, 1.165) is 0 Å². The summed E-state index contributed by atoms with van der Waals surface area (Å²) in [6.07, 6.45) is -7.00. The van der Waals surface area contributed by atoms with Gasteiger partial charge < -0.3 is 30.3 Å². The number of imidazole rings is 2. The summed E-state index contributed by atoms with van der Waals surface area (Å²) < 4.78 is 77.3. The Hall–Kier alpha value is -3.43. The van der Waals surface area contributed by atoms with Crippen molar-refractivity contribution in [3.05, 3.63) is 29.3 Å². The monoisotopic (exact) mass is 674 g/mol. The van der Waals surface area contributed by atoms with Gasteiger partial charge in [0.05, 0.1) is 32.0 Å². The average molecular weight is 674 g/mol. The zero-order chi connectivity index (χ0) is 31.7. The van der Waals surface area contributed by atoms with E-state index < -0.39 is 77.5 Å². The van der Waals surface area contributed by atoms with Gasteiger partial charge in [0, 0.05) is 13.5 Å². The normalized spacial score (nSPS) is 36.0. The van der Waals surface area contributed by atoms with E-state index in [4.69, 9.17) is 33.3 Å². The predicted octanol–water partition coefficient (Wildman–Crippen LogP) is 0.124. The van der Waals surface area contributed by atoms with E-state index >= 15 is 4.39 Å². The lowest BCUT2D eigenvalue weighted by Gasteiger charge is -2.25. The van der Waals surface area contributed by atoms with Crippen LogP contribution in [0, 0.1) is 0 Å². The number of phosphoric acid groups is 2. The van der Waals surface area contributed by atoms with Crippen molar-refractivity contribution in [3.63, 3.8) is 0 Å². The second-order valence-corrected chi connectivity index (χ2v) is 13.0. The zero-order valence-electron chi connectivity index (χ0n) is 22.9. The standard InChI is InChI=1S/C21H25FN10O11P2/c1-24-15-12-16(26-5-25-15)31(6-27-12)20-11(22)14-10(41-20)4-39-44(34,35)42-9-2-8(3-38-45(36,37)43-14)40-19(9)32-7-28-13-17(32)29-21(23)30-18(13)33/h5-11,14,19-20H,2-4H2,1H3,(H,34,35)(H,36,37)(H,24,25,26)(H3,23,29,30,33)/t8-,9?,10+,11?,14?,19+,20+/m0/s1. The van der Waals surface area contributed by atoms with Crippen LogP contribution in [0.2, 0.25) is 0 Å². The summed E-state index contributed by atoms with van der Waals surface area (Å²) in [5.74, 6) is 0.126. The first-order valence-electron chi connectivity index (χ1n) is 13.3. The summed E-state index contributed by atoms with van der Waals surface area (Å²) in [5.41, 5.74) is 5.37. The summed E-state index contributed by atoms with van der Waals surface area (Å²) in [4.78, 5) is 56.2. The molecule has 2 bridgehead atoms. The molecule has 242 valence electrons. The van der Waals surface area contributed by atoms with Crippen LogP contribution in [0.5, 0.6) is 0 Å². The molecule has 9 atom stereocenters.